The van der Waals surface area contributed by atoms with E-state index in [-0.39, 0.29) is 11.4 Å². The standard InChI is InChI=1S/C20H19BrN4O4/c1-3-29-18-7-4-12(9-19(18)28-2)15-10-16(24-23-15)20(27)25-22-11-13-8-14(21)5-6-17(13)26/h4-11,26H,3H2,1-2H3,(H,23,24)(H,25,27)/b22-11-. The highest BCUT2D eigenvalue weighted by Gasteiger charge is 2.13. The number of nitrogens with one attached hydrogen (secondary N) is 2. The molecule has 3 rings (SSSR count). The summed E-state index contributed by atoms with van der Waals surface area (Å²) in [4.78, 5) is 12.3. The quantitative estimate of drug-likeness (QED) is 0.369. The van der Waals surface area contributed by atoms with Crippen molar-refractivity contribution >= 4 is 28.1 Å². The number of phenols is 1. The molecule has 1 heterocycles. The molecule has 0 bridgehead atoms. The van der Waals surface area contributed by atoms with Crippen molar-refractivity contribution in [1.29, 1.82) is 0 Å². The van der Waals surface area contributed by atoms with Crippen molar-refractivity contribution in [3.05, 3.63) is 58.2 Å². The maximum absolute atomic E-state index is 12.3. The summed E-state index contributed by atoms with van der Waals surface area (Å²) in [5.74, 6) is 0.807. The first kappa shape index (κ1) is 20.4. The minimum atomic E-state index is -0.465. The maximum atomic E-state index is 12.3. The van der Waals surface area contributed by atoms with Gasteiger partial charge in [-0.1, -0.05) is 15.9 Å². The minimum Gasteiger partial charge on any atom is -0.507 e. The number of methoxy groups -OCH3 is 1. The van der Waals surface area contributed by atoms with E-state index in [9.17, 15) is 9.90 Å². The van der Waals surface area contributed by atoms with Gasteiger partial charge in [0.25, 0.3) is 5.91 Å². The van der Waals surface area contributed by atoms with Gasteiger partial charge in [0.1, 0.15) is 11.4 Å². The van der Waals surface area contributed by atoms with Crippen LogP contribution in [0.4, 0.5) is 0 Å². The van der Waals surface area contributed by atoms with E-state index in [2.05, 4.69) is 36.7 Å². The van der Waals surface area contributed by atoms with Gasteiger partial charge in [0.05, 0.1) is 25.6 Å². The molecule has 0 aliphatic rings. The first-order valence-corrected chi connectivity index (χ1v) is 9.49. The average Bonchev–Trinajstić information content (AvgIpc) is 3.21. The number of hydrazone groups is 1. The van der Waals surface area contributed by atoms with E-state index in [0.29, 0.717) is 29.4 Å². The van der Waals surface area contributed by atoms with Crippen LogP contribution in [0, 0.1) is 0 Å². The Hall–Kier alpha value is -3.33. The van der Waals surface area contributed by atoms with E-state index in [1.807, 2.05) is 13.0 Å². The van der Waals surface area contributed by atoms with E-state index < -0.39 is 5.91 Å². The number of halogens is 1. The van der Waals surface area contributed by atoms with Gasteiger partial charge in [-0.25, -0.2) is 5.43 Å². The molecule has 0 aliphatic heterocycles. The molecule has 2 aromatic carbocycles. The van der Waals surface area contributed by atoms with Crippen molar-refractivity contribution in [2.24, 2.45) is 5.10 Å². The first-order valence-electron chi connectivity index (χ1n) is 8.70. The van der Waals surface area contributed by atoms with Crippen LogP contribution in [-0.4, -0.2) is 41.1 Å². The molecule has 0 aliphatic carbocycles. The summed E-state index contributed by atoms with van der Waals surface area (Å²) in [6, 6.07) is 11.9. The number of carbonyl (C=O) groups excluding carboxylic acids is 1. The molecule has 1 amide bonds. The molecular formula is C20H19BrN4O4. The van der Waals surface area contributed by atoms with Crippen LogP contribution in [0.25, 0.3) is 11.3 Å². The lowest BCUT2D eigenvalue weighted by Crippen LogP contribution is -2.18. The molecule has 0 fully saturated rings. The number of hydrogen-bond donors (Lipinski definition) is 3. The van der Waals surface area contributed by atoms with E-state index in [1.54, 1.807) is 37.4 Å². The molecule has 150 valence electrons. The summed E-state index contributed by atoms with van der Waals surface area (Å²) < 4.78 is 11.6. The van der Waals surface area contributed by atoms with Gasteiger partial charge in [-0.15, -0.1) is 0 Å². The van der Waals surface area contributed by atoms with Crippen LogP contribution in [-0.2, 0) is 0 Å². The maximum Gasteiger partial charge on any atom is 0.289 e. The molecule has 9 heteroatoms. The third-order valence-electron chi connectivity index (χ3n) is 3.94. The number of aromatic hydroxyl groups is 1. The van der Waals surface area contributed by atoms with Gasteiger partial charge in [-0.2, -0.15) is 10.2 Å². The summed E-state index contributed by atoms with van der Waals surface area (Å²) in [7, 11) is 1.56. The molecule has 0 spiro atoms. The fourth-order valence-corrected chi connectivity index (χ4v) is 2.92. The van der Waals surface area contributed by atoms with Crippen molar-refractivity contribution in [3.63, 3.8) is 0 Å². The molecule has 0 radical (unpaired) electrons. The smallest absolute Gasteiger partial charge is 0.289 e. The van der Waals surface area contributed by atoms with Crippen LogP contribution in [0.1, 0.15) is 23.0 Å². The van der Waals surface area contributed by atoms with Gasteiger partial charge in [0, 0.05) is 15.6 Å². The molecular weight excluding hydrogens is 440 g/mol. The number of nitrogens with zero attached hydrogens (tertiary/aromatic N) is 2. The Morgan fingerprint density at radius 1 is 1.28 bits per heavy atom. The molecule has 3 N–H and O–H groups in total. The van der Waals surface area contributed by atoms with Crippen molar-refractivity contribution in [2.75, 3.05) is 13.7 Å². The zero-order valence-corrected chi connectivity index (χ0v) is 17.4. The number of hydrogen-bond acceptors (Lipinski definition) is 6. The van der Waals surface area contributed by atoms with Crippen molar-refractivity contribution < 1.29 is 19.4 Å². The Kier molecular flexibility index (Phi) is 6.50. The third-order valence-corrected chi connectivity index (χ3v) is 4.43. The highest BCUT2D eigenvalue weighted by Crippen LogP contribution is 2.32. The van der Waals surface area contributed by atoms with Crippen LogP contribution < -0.4 is 14.9 Å². The number of phenolic OH excluding ortho intramolecular Hbond substituents is 1. The van der Waals surface area contributed by atoms with Gasteiger partial charge in [0.2, 0.25) is 0 Å². The Labute approximate surface area is 175 Å². The monoisotopic (exact) mass is 458 g/mol. The van der Waals surface area contributed by atoms with Crippen LogP contribution in [0.5, 0.6) is 17.2 Å². The highest BCUT2D eigenvalue weighted by molar-refractivity contribution is 9.10. The topological polar surface area (TPSA) is 109 Å². The number of carbonyl (C=O) groups is 1. The van der Waals surface area contributed by atoms with Gasteiger partial charge >= 0.3 is 0 Å². The SMILES string of the molecule is CCOc1ccc(-c2cc(C(=O)N/N=C\c3cc(Br)ccc3O)[nH]n2)cc1OC. The average molecular weight is 459 g/mol. The Bertz CT molecular complexity index is 1050. The second-order valence-electron chi connectivity index (χ2n) is 5.87. The number of benzene rings is 2. The van der Waals surface area contributed by atoms with E-state index in [0.717, 1.165) is 10.0 Å². The first-order chi connectivity index (χ1) is 14.0. The fourth-order valence-electron chi connectivity index (χ4n) is 2.54. The van der Waals surface area contributed by atoms with E-state index in [1.165, 1.54) is 12.3 Å². The van der Waals surface area contributed by atoms with E-state index in [4.69, 9.17) is 9.47 Å². The predicted octanol–water partition coefficient (Wildman–Crippen LogP) is 3.72. The second kappa shape index (κ2) is 9.24. The molecule has 0 unspecified atom stereocenters. The molecule has 29 heavy (non-hydrogen) atoms. The van der Waals surface area contributed by atoms with Gasteiger partial charge in [-0.05, 0) is 49.4 Å². The fraction of sp³-hybridized carbons (Fsp3) is 0.150. The summed E-state index contributed by atoms with van der Waals surface area (Å²) in [5, 5.41) is 20.5. The minimum absolute atomic E-state index is 0.0551. The number of ether oxygens (including phenoxy) is 2. The van der Waals surface area contributed by atoms with Crippen LogP contribution in [0.15, 0.2) is 52.0 Å². The number of rotatable bonds is 7. The van der Waals surface area contributed by atoms with Crippen LogP contribution in [0.3, 0.4) is 0 Å². The zero-order chi connectivity index (χ0) is 20.8. The Morgan fingerprint density at radius 2 is 2.10 bits per heavy atom. The number of H-pyrrole nitrogens is 1. The summed E-state index contributed by atoms with van der Waals surface area (Å²) in [5.41, 5.74) is 4.44. The second-order valence-corrected chi connectivity index (χ2v) is 6.78. The molecule has 3 aromatic rings. The summed E-state index contributed by atoms with van der Waals surface area (Å²) in [6.07, 6.45) is 1.35. The van der Waals surface area contributed by atoms with Crippen molar-refractivity contribution in [3.8, 4) is 28.5 Å². The lowest BCUT2D eigenvalue weighted by molar-refractivity contribution is 0.0950. The van der Waals surface area contributed by atoms with Crippen molar-refractivity contribution in [1.82, 2.24) is 15.6 Å². The van der Waals surface area contributed by atoms with Crippen LogP contribution >= 0.6 is 15.9 Å². The van der Waals surface area contributed by atoms with E-state index >= 15 is 0 Å². The lowest BCUT2D eigenvalue weighted by atomic mass is 10.1. The Balaban J connectivity index is 1.71. The van der Waals surface area contributed by atoms with Crippen molar-refractivity contribution in [2.45, 2.75) is 6.92 Å². The molecule has 0 saturated heterocycles. The molecule has 0 atom stereocenters. The number of amides is 1. The zero-order valence-electron chi connectivity index (χ0n) is 15.8. The largest absolute Gasteiger partial charge is 0.507 e. The molecule has 1 aromatic heterocycles. The normalized spacial score (nSPS) is 10.9. The van der Waals surface area contributed by atoms with Gasteiger partial charge < -0.3 is 14.6 Å². The number of aromatic nitrogens is 2. The van der Waals surface area contributed by atoms with Gasteiger partial charge in [-0.3, -0.25) is 9.89 Å². The number of aromatic amines is 1. The van der Waals surface area contributed by atoms with Crippen LogP contribution in [0.2, 0.25) is 0 Å². The highest BCUT2D eigenvalue weighted by atomic mass is 79.9. The summed E-state index contributed by atoms with van der Waals surface area (Å²) in [6.45, 7) is 2.42. The molecule has 0 saturated carbocycles. The summed E-state index contributed by atoms with van der Waals surface area (Å²) >= 11 is 3.31. The lowest BCUT2D eigenvalue weighted by Gasteiger charge is -2.09. The predicted molar refractivity (Wildman–Crippen MR) is 113 cm³/mol. The van der Waals surface area contributed by atoms with Gasteiger partial charge in [0.15, 0.2) is 11.5 Å². The molecule has 8 nitrogen and oxygen atoms in total. The third kappa shape index (κ3) is 4.94. The Morgan fingerprint density at radius 3 is 2.86 bits per heavy atom.